The lowest BCUT2D eigenvalue weighted by atomic mass is 10.2. The van der Waals surface area contributed by atoms with Gasteiger partial charge in [-0.3, -0.25) is 0 Å². The molecule has 0 heterocycles. The molecule has 0 aliphatic carbocycles. The summed E-state index contributed by atoms with van der Waals surface area (Å²) in [5, 5.41) is 0. The quantitative estimate of drug-likeness (QED) is 0.637. The molecule has 65 valence electrons. The van der Waals surface area contributed by atoms with Gasteiger partial charge in [0.25, 0.3) is 0 Å². The number of hydrogen-bond acceptors (Lipinski definition) is 1. The van der Waals surface area contributed by atoms with Crippen LogP contribution < -0.4 is 4.74 Å². The van der Waals surface area contributed by atoms with Crippen LogP contribution in [0.4, 0.5) is 13.2 Å². The normalized spacial score (nSPS) is 11.3. The Morgan fingerprint density at radius 2 is 2.00 bits per heavy atom. The minimum Gasteiger partial charge on any atom is -0.406 e. The highest BCUT2D eigenvalue weighted by molar-refractivity contribution is 5.26. The van der Waals surface area contributed by atoms with E-state index in [2.05, 4.69) is 10.8 Å². The van der Waals surface area contributed by atoms with Crippen molar-refractivity contribution >= 4 is 0 Å². The van der Waals surface area contributed by atoms with Gasteiger partial charge in [-0.05, 0) is 30.7 Å². The Labute approximate surface area is 67.8 Å². The van der Waals surface area contributed by atoms with E-state index in [0.717, 1.165) is 6.07 Å². The van der Waals surface area contributed by atoms with Crippen molar-refractivity contribution < 1.29 is 17.9 Å². The van der Waals surface area contributed by atoms with Crippen molar-refractivity contribution in [2.45, 2.75) is 13.3 Å². The smallest absolute Gasteiger partial charge is 0.406 e. The van der Waals surface area contributed by atoms with E-state index in [1.165, 1.54) is 6.07 Å². The molecule has 0 saturated carbocycles. The van der Waals surface area contributed by atoms with Crippen LogP contribution in [0.5, 0.6) is 5.75 Å². The van der Waals surface area contributed by atoms with Crippen molar-refractivity contribution in [2.24, 2.45) is 0 Å². The summed E-state index contributed by atoms with van der Waals surface area (Å²) in [6.07, 6.45) is -4.62. The molecule has 0 amide bonds. The van der Waals surface area contributed by atoms with Gasteiger partial charge in [0.15, 0.2) is 0 Å². The van der Waals surface area contributed by atoms with Crippen molar-refractivity contribution in [1.29, 1.82) is 0 Å². The molecule has 0 atom stereocenters. The molecule has 0 fully saturated rings. The molecule has 0 aromatic heterocycles. The lowest BCUT2D eigenvalue weighted by molar-refractivity contribution is -0.274. The van der Waals surface area contributed by atoms with Crippen LogP contribution in [-0.2, 0) is 0 Å². The van der Waals surface area contributed by atoms with Crippen LogP contribution in [0.25, 0.3) is 0 Å². The fourth-order valence-corrected chi connectivity index (χ4v) is 0.756. The van der Waals surface area contributed by atoms with E-state index in [-0.39, 0.29) is 5.75 Å². The lowest BCUT2D eigenvalue weighted by Crippen LogP contribution is -2.17. The molecule has 0 spiro atoms. The van der Waals surface area contributed by atoms with E-state index in [4.69, 9.17) is 0 Å². The summed E-state index contributed by atoms with van der Waals surface area (Å²) < 4.78 is 38.6. The van der Waals surface area contributed by atoms with Crippen molar-refractivity contribution in [3.05, 3.63) is 29.8 Å². The Bertz CT molecular complexity index is 267. The van der Waals surface area contributed by atoms with E-state index >= 15 is 0 Å². The zero-order valence-corrected chi connectivity index (χ0v) is 6.27. The Balaban J connectivity index is 2.77. The second-order valence-corrected chi connectivity index (χ2v) is 2.29. The zero-order valence-electron chi connectivity index (χ0n) is 6.27. The highest BCUT2D eigenvalue weighted by Crippen LogP contribution is 2.22. The van der Waals surface area contributed by atoms with Crippen molar-refractivity contribution in [1.82, 2.24) is 0 Å². The van der Waals surface area contributed by atoms with Gasteiger partial charge in [-0.25, -0.2) is 0 Å². The Kier molecular flexibility index (Phi) is 2.26. The number of hydrogen-bond donors (Lipinski definition) is 0. The first-order chi connectivity index (χ1) is 5.47. The number of benzene rings is 1. The Morgan fingerprint density at radius 1 is 1.33 bits per heavy atom. The van der Waals surface area contributed by atoms with Gasteiger partial charge in [0.1, 0.15) is 5.75 Å². The van der Waals surface area contributed by atoms with Crippen molar-refractivity contribution in [3.8, 4) is 5.75 Å². The topological polar surface area (TPSA) is 9.23 Å². The van der Waals surface area contributed by atoms with E-state index in [9.17, 15) is 13.2 Å². The van der Waals surface area contributed by atoms with Crippen LogP contribution in [0.2, 0.25) is 0 Å². The summed E-state index contributed by atoms with van der Waals surface area (Å²) >= 11 is 0. The molecule has 4 heteroatoms. The summed E-state index contributed by atoms with van der Waals surface area (Å²) in [5.41, 5.74) is 0.678. The molecular weight excluding hydrogens is 169 g/mol. The van der Waals surface area contributed by atoms with Gasteiger partial charge >= 0.3 is 6.36 Å². The molecule has 0 N–H and O–H groups in total. The fourth-order valence-electron chi connectivity index (χ4n) is 0.756. The maximum absolute atomic E-state index is 11.6. The molecule has 1 radical (unpaired) electrons. The molecule has 1 rings (SSSR count). The molecule has 0 unspecified atom stereocenters. The first-order valence-electron chi connectivity index (χ1n) is 3.21. The van der Waals surface area contributed by atoms with Crippen LogP contribution in [0, 0.1) is 13.0 Å². The van der Waals surface area contributed by atoms with Gasteiger partial charge in [-0.2, -0.15) is 0 Å². The predicted molar refractivity (Wildman–Crippen MR) is 36.7 cm³/mol. The van der Waals surface area contributed by atoms with Crippen LogP contribution in [-0.4, -0.2) is 6.36 Å². The van der Waals surface area contributed by atoms with Crippen LogP contribution >= 0.6 is 0 Å². The Hall–Kier alpha value is -1.19. The van der Waals surface area contributed by atoms with Crippen LogP contribution in [0.15, 0.2) is 18.2 Å². The van der Waals surface area contributed by atoms with Gasteiger partial charge in [-0.15, -0.1) is 13.2 Å². The summed E-state index contributed by atoms with van der Waals surface area (Å²) in [5.74, 6) is -0.234. The standard InChI is InChI=1S/C8H6F3O/c1-6-3-2-4-7(5-6)12-8(9,10)11/h3-5H,1H3. The molecule has 1 aromatic rings. The average molecular weight is 175 g/mol. The number of rotatable bonds is 1. The summed E-state index contributed by atoms with van der Waals surface area (Å²) in [6.45, 7) is 1.67. The summed E-state index contributed by atoms with van der Waals surface area (Å²) in [6, 6.07) is 6.53. The third-order valence-corrected chi connectivity index (χ3v) is 1.14. The first-order valence-corrected chi connectivity index (χ1v) is 3.21. The third kappa shape index (κ3) is 2.82. The number of halogens is 3. The SMILES string of the molecule is Cc1c[c]cc(OC(F)(F)F)c1. The third-order valence-electron chi connectivity index (χ3n) is 1.14. The molecule has 0 aliphatic heterocycles. The van der Waals surface area contributed by atoms with Gasteiger partial charge < -0.3 is 4.74 Å². The zero-order chi connectivity index (χ0) is 9.19. The van der Waals surface area contributed by atoms with Gasteiger partial charge in [-0.1, -0.05) is 6.07 Å². The van der Waals surface area contributed by atoms with E-state index in [1.807, 2.05) is 0 Å². The maximum Gasteiger partial charge on any atom is 0.573 e. The second kappa shape index (κ2) is 3.05. The molecule has 12 heavy (non-hydrogen) atoms. The summed E-state index contributed by atoms with van der Waals surface area (Å²) in [7, 11) is 0. The molecule has 1 aromatic carbocycles. The number of aryl methyl sites for hydroxylation is 1. The largest absolute Gasteiger partial charge is 0.573 e. The molecular formula is C8H6F3O. The number of ether oxygens (including phenoxy) is 1. The summed E-state index contributed by atoms with van der Waals surface area (Å²) in [4.78, 5) is 0. The Morgan fingerprint density at radius 3 is 2.50 bits per heavy atom. The van der Waals surface area contributed by atoms with Crippen LogP contribution in [0.3, 0.4) is 0 Å². The van der Waals surface area contributed by atoms with Gasteiger partial charge in [0, 0.05) is 0 Å². The van der Waals surface area contributed by atoms with E-state index in [0.29, 0.717) is 5.56 Å². The van der Waals surface area contributed by atoms with Gasteiger partial charge in [0.2, 0.25) is 0 Å². The predicted octanol–water partition coefficient (Wildman–Crippen LogP) is 2.69. The molecule has 1 nitrogen and oxygen atoms in total. The monoisotopic (exact) mass is 175 g/mol. The first kappa shape index (κ1) is 8.90. The van der Waals surface area contributed by atoms with E-state index < -0.39 is 6.36 Å². The highest BCUT2D eigenvalue weighted by Gasteiger charge is 2.30. The maximum atomic E-state index is 11.6. The van der Waals surface area contributed by atoms with Gasteiger partial charge in [0.05, 0.1) is 0 Å². The minimum absolute atomic E-state index is 0.234. The molecule has 0 bridgehead atoms. The lowest BCUT2D eigenvalue weighted by Gasteiger charge is -2.08. The minimum atomic E-state index is -4.62. The second-order valence-electron chi connectivity index (χ2n) is 2.29. The number of alkyl halides is 3. The fraction of sp³-hybridized carbons (Fsp3) is 0.250. The van der Waals surface area contributed by atoms with Crippen LogP contribution in [0.1, 0.15) is 5.56 Å². The van der Waals surface area contributed by atoms with Crippen molar-refractivity contribution in [2.75, 3.05) is 0 Å². The van der Waals surface area contributed by atoms with Crippen molar-refractivity contribution in [3.63, 3.8) is 0 Å². The van der Waals surface area contributed by atoms with E-state index in [1.54, 1.807) is 13.0 Å². The highest BCUT2D eigenvalue weighted by atomic mass is 19.4. The molecule has 0 aliphatic rings. The molecule has 0 saturated heterocycles. The average Bonchev–Trinajstić information content (AvgIpc) is 1.82.